The van der Waals surface area contributed by atoms with Gasteiger partial charge in [0.1, 0.15) is 22.9 Å². The zero-order valence-corrected chi connectivity index (χ0v) is 20.2. The zero-order chi connectivity index (χ0) is 24.5. The number of hydrogen-bond acceptors (Lipinski definition) is 6. The van der Waals surface area contributed by atoms with Crippen LogP contribution in [0.5, 0.6) is 0 Å². The lowest BCUT2D eigenvalue weighted by atomic mass is 10.1. The number of benzene rings is 1. The largest absolute Gasteiger partial charge is 0.326 e. The molecule has 0 aliphatic carbocycles. The van der Waals surface area contributed by atoms with Gasteiger partial charge in [-0.15, -0.1) is 0 Å². The highest BCUT2D eigenvalue weighted by Gasteiger charge is 2.18. The highest BCUT2D eigenvalue weighted by molar-refractivity contribution is 5.82. The van der Waals surface area contributed by atoms with Gasteiger partial charge in [-0.2, -0.15) is 0 Å². The van der Waals surface area contributed by atoms with E-state index in [1.807, 2.05) is 37.6 Å². The molecule has 1 fully saturated rings. The Bertz CT molecular complexity index is 1340. The van der Waals surface area contributed by atoms with Crippen LogP contribution in [0.25, 0.3) is 22.3 Å². The van der Waals surface area contributed by atoms with E-state index >= 15 is 0 Å². The van der Waals surface area contributed by atoms with Gasteiger partial charge in [-0.05, 0) is 44.5 Å². The zero-order valence-electron chi connectivity index (χ0n) is 20.2. The average Bonchev–Trinajstić information content (AvgIpc) is 3.19. The summed E-state index contributed by atoms with van der Waals surface area (Å²) >= 11 is 0. The normalized spacial score (nSPS) is 14.8. The van der Waals surface area contributed by atoms with Gasteiger partial charge in [-0.1, -0.05) is 6.07 Å². The first kappa shape index (κ1) is 23.4. The van der Waals surface area contributed by atoms with Crippen LogP contribution < -0.4 is 5.32 Å². The van der Waals surface area contributed by atoms with Crippen molar-refractivity contribution in [1.82, 2.24) is 34.7 Å². The fraction of sp³-hybridized carbons (Fsp3) is 0.385. The summed E-state index contributed by atoms with van der Waals surface area (Å²) in [5, 5.41) is 3.35. The quantitative estimate of drug-likeness (QED) is 0.452. The van der Waals surface area contributed by atoms with E-state index in [-0.39, 0.29) is 17.3 Å². The van der Waals surface area contributed by atoms with E-state index in [1.54, 1.807) is 6.07 Å². The van der Waals surface area contributed by atoms with Gasteiger partial charge in [0, 0.05) is 56.2 Å². The van der Waals surface area contributed by atoms with Crippen molar-refractivity contribution in [2.45, 2.75) is 39.8 Å². The molecule has 4 aromatic rings. The molecule has 0 saturated carbocycles. The molecule has 4 heterocycles. The minimum Gasteiger partial charge on any atom is -0.326 e. The van der Waals surface area contributed by atoms with Gasteiger partial charge in [-0.25, -0.2) is 23.7 Å². The molecule has 0 amide bonds. The van der Waals surface area contributed by atoms with Crippen LogP contribution in [0.2, 0.25) is 0 Å². The second kappa shape index (κ2) is 9.75. The average molecular weight is 478 g/mol. The summed E-state index contributed by atoms with van der Waals surface area (Å²) in [5.74, 6) is 0.0413. The van der Waals surface area contributed by atoms with Crippen molar-refractivity contribution >= 4 is 11.0 Å². The number of pyridine rings is 1. The van der Waals surface area contributed by atoms with Gasteiger partial charge in [-0.3, -0.25) is 9.88 Å². The van der Waals surface area contributed by atoms with Crippen molar-refractivity contribution in [2.24, 2.45) is 0 Å². The number of fused-ring (bicyclic) bond motifs is 1. The van der Waals surface area contributed by atoms with Gasteiger partial charge in [0.25, 0.3) is 0 Å². The predicted molar refractivity (Wildman–Crippen MR) is 131 cm³/mol. The van der Waals surface area contributed by atoms with Crippen LogP contribution in [0, 0.1) is 18.6 Å². The van der Waals surface area contributed by atoms with Crippen LogP contribution in [-0.4, -0.2) is 55.6 Å². The molecule has 1 N–H and O–H groups in total. The van der Waals surface area contributed by atoms with E-state index in [1.165, 1.54) is 6.07 Å². The molecule has 0 atom stereocenters. The lowest BCUT2D eigenvalue weighted by Gasteiger charge is -2.27. The number of aryl methyl sites for hydroxylation is 1. The second-order valence-corrected chi connectivity index (χ2v) is 9.29. The monoisotopic (exact) mass is 477 g/mol. The smallest absolute Gasteiger partial charge is 0.167 e. The first-order valence-electron chi connectivity index (χ1n) is 12.0. The SMILES string of the molecule is Cc1nc2c(F)cc(-c3nc(Cc4ccc(CN5CCNCC5)cn4)ncc3F)cc2n1C(C)C. The third-order valence-electron chi connectivity index (χ3n) is 6.35. The summed E-state index contributed by atoms with van der Waals surface area (Å²) < 4.78 is 31.6. The maximum Gasteiger partial charge on any atom is 0.167 e. The summed E-state index contributed by atoms with van der Waals surface area (Å²) in [7, 11) is 0. The van der Waals surface area contributed by atoms with E-state index in [0.717, 1.165) is 50.2 Å². The number of imidazole rings is 1. The van der Waals surface area contributed by atoms with Gasteiger partial charge >= 0.3 is 0 Å². The summed E-state index contributed by atoms with van der Waals surface area (Å²) in [5.41, 5.74) is 3.27. The van der Waals surface area contributed by atoms with Crippen LogP contribution in [0.15, 0.2) is 36.7 Å². The molecule has 1 aromatic carbocycles. The maximum atomic E-state index is 14.9. The first-order valence-corrected chi connectivity index (χ1v) is 12.0. The Balaban J connectivity index is 1.40. The fourth-order valence-electron chi connectivity index (χ4n) is 4.69. The summed E-state index contributed by atoms with van der Waals surface area (Å²) in [6.45, 7) is 10.8. The van der Waals surface area contributed by atoms with Crippen molar-refractivity contribution in [2.75, 3.05) is 26.2 Å². The van der Waals surface area contributed by atoms with Gasteiger partial charge in [0.05, 0.1) is 18.1 Å². The molecule has 9 heteroatoms. The van der Waals surface area contributed by atoms with Gasteiger partial charge in [0.2, 0.25) is 0 Å². The lowest BCUT2D eigenvalue weighted by molar-refractivity contribution is 0.233. The molecule has 7 nitrogen and oxygen atoms in total. The molecule has 182 valence electrons. The maximum absolute atomic E-state index is 14.9. The number of nitrogens with one attached hydrogen (secondary N) is 1. The second-order valence-electron chi connectivity index (χ2n) is 9.29. The highest BCUT2D eigenvalue weighted by Crippen LogP contribution is 2.30. The Morgan fingerprint density at radius 1 is 1.00 bits per heavy atom. The molecule has 0 bridgehead atoms. The van der Waals surface area contributed by atoms with Crippen molar-refractivity contribution in [3.05, 3.63) is 71.2 Å². The Kier molecular flexibility index (Phi) is 6.53. The van der Waals surface area contributed by atoms with Crippen molar-refractivity contribution < 1.29 is 8.78 Å². The molecule has 0 spiro atoms. The summed E-state index contributed by atoms with van der Waals surface area (Å²) in [6.07, 6.45) is 3.37. The van der Waals surface area contributed by atoms with E-state index < -0.39 is 11.6 Å². The summed E-state index contributed by atoms with van der Waals surface area (Å²) in [4.78, 5) is 19.9. The Morgan fingerprint density at radius 2 is 1.80 bits per heavy atom. The predicted octanol–water partition coefficient (Wildman–Crippen LogP) is 4.05. The van der Waals surface area contributed by atoms with Crippen molar-refractivity contribution in [3.63, 3.8) is 0 Å². The Hall–Kier alpha value is -3.30. The van der Waals surface area contributed by atoms with Crippen LogP contribution in [0.4, 0.5) is 8.78 Å². The number of aromatic nitrogens is 5. The van der Waals surface area contributed by atoms with E-state index in [9.17, 15) is 8.78 Å². The minimum atomic E-state index is -0.598. The molecule has 0 unspecified atom stereocenters. The molecule has 1 saturated heterocycles. The van der Waals surface area contributed by atoms with E-state index in [4.69, 9.17) is 0 Å². The third kappa shape index (κ3) is 4.92. The van der Waals surface area contributed by atoms with Gasteiger partial charge < -0.3 is 9.88 Å². The van der Waals surface area contributed by atoms with Gasteiger partial charge in [0.15, 0.2) is 11.6 Å². The lowest BCUT2D eigenvalue weighted by Crippen LogP contribution is -2.42. The Labute approximate surface area is 203 Å². The molecule has 5 rings (SSSR count). The standard InChI is InChI=1S/C26H29F2N7/c1-16(2)35-17(3)32-26-21(27)10-19(11-23(26)35)25-22(28)14-31-24(33-25)12-20-5-4-18(13-30-20)15-34-8-6-29-7-9-34/h4-5,10-11,13-14,16,29H,6-9,12,15H2,1-3H3. The highest BCUT2D eigenvalue weighted by atomic mass is 19.1. The first-order chi connectivity index (χ1) is 16.9. The number of rotatable bonds is 6. The van der Waals surface area contributed by atoms with Crippen LogP contribution in [0.1, 0.15) is 42.8 Å². The third-order valence-corrected chi connectivity index (χ3v) is 6.35. The van der Waals surface area contributed by atoms with Crippen LogP contribution >= 0.6 is 0 Å². The fourth-order valence-corrected chi connectivity index (χ4v) is 4.69. The molecule has 1 aliphatic heterocycles. The molecule has 0 radical (unpaired) electrons. The number of nitrogens with zero attached hydrogens (tertiary/aromatic N) is 6. The number of piperazine rings is 1. The number of halogens is 2. The topological polar surface area (TPSA) is 71.8 Å². The van der Waals surface area contributed by atoms with E-state index in [0.29, 0.717) is 29.1 Å². The van der Waals surface area contributed by atoms with Crippen LogP contribution in [0.3, 0.4) is 0 Å². The molecule has 1 aliphatic rings. The van der Waals surface area contributed by atoms with E-state index in [2.05, 4.69) is 36.2 Å². The summed E-state index contributed by atoms with van der Waals surface area (Å²) in [6, 6.07) is 7.14. The minimum absolute atomic E-state index is 0.0697. The number of hydrogen-bond donors (Lipinski definition) is 1. The Morgan fingerprint density at radius 3 is 2.51 bits per heavy atom. The van der Waals surface area contributed by atoms with Crippen LogP contribution in [-0.2, 0) is 13.0 Å². The molecule has 35 heavy (non-hydrogen) atoms. The van der Waals surface area contributed by atoms with Crippen molar-refractivity contribution in [1.29, 1.82) is 0 Å². The van der Waals surface area contributed by atoms with Crippen molar-refractivity contribution in [3.8, 4) is 11.3 Å². The molecule has 3 aromatic heterocycles. The molecular weight excluding hydrogens is 448 g/mol. The molecular formula is C26H29F2N7.